The number of hydrogen-bond acceptors (Lipinski definition) is 4. The summed E-state index contributed by atoms with van der Waals surface area (Å²) in [5.41, 5.74) is 3.32. The first kappa shape index (κ1) is 14.1. The van der Waals surface area contributed by atoms with Gasteiger partial charge < -0.3 is 5.32 Å². The van der Waals surface area contributed by atoms with E-state index in [0.29, 0.717) is 5.56 Å². The lowest BCUT2D eigenvalue weighted by Gasteiger charge is -2.20. The largest absolute Gasteiger partial charge is 0.363 e. The lowest BCUT2D eigenvalue weighted by molar-refractivity contribution is 0.467. The molecule has 0 saturated heterocycles. The van der Waals surface area contributed by atoms with E-state index >= 15 is 0 Å². The van der Waals surface area contributed by atoms with E-state index in [1.165, 1.54) is 0 Å². The highest BCUT2D eigenvalue weighted by molar-refractivity contribution is 5.74. The van der Waals surface area contributed by atoms with Crippen LogP contribution >= 0.6 is 0 Å². The number of anilines is 1. The molecule has 2 aromatic carbocycles. The molecule has 0 aliphatic rings. The van der Waals surface area contributed by atoms with Gasteiger partial charge in [0, 0.05) is 0 Å². The molecule has 3 rings (SSSR count). The number of hydrogen-bond donors (Lipinski definition) is 1. The van der Waals surface area contributed by atoms with E-state index in [9.17, 15) is 5.26 Å². The zero-order chi connectivity index (χ0) is 15.4. The van der Waals surface area contributed by atoms with Gasteiger partial charge in [-0.25, -0.2) is 4.68 Å². The fraction of sp³-hybridized carbons (Fsp3) is 0.235. The second-order valence-corrected chi connectivity index (χ2v) is 5.13. The maximum absolute atomic E-state index is 9.24. The number of benzene rings is 2. The number of nitrogens with one attached hydrogen (secondary N) is 1. The van der Waals surface area contributed by atoms with Gasteiger partial charge in [0.1, 0.15) is 17.8 Å². The van der Waals surface area contributed by atoms with Gasteiger partial charge in [-0.3, -0.25) is 0 Å². The number of fused-ring (bicyclic) bond motifs is 1. The summed E-state index contributed by atoms with van der Waals surface area (Å²) in [5.74, 6) is 0. The molecule has 0 fully saturated rings. The highest BCUT2D eigenvalue weighted by Gasteiger charge is 2.15. The average molecular weight is 291 g/mol. The fourth-order valence-corrected chi connectivity index (χ4v) is 2.53. The molecule has 0 aliphatic heterocycles. The minimum absolute atomic E-state index is 0.0353. The first-order valence-electron chi connectivity index (χ1n) is 7.39. The molecule has 1 heterocycles. The zero-order valence-corrected chi connectivity index (χ0v) is 12.4. The maximum atomic E-state index is 9.24. The Morgan fingerprint density at radius 3 is 2.77 bits per heavy atom. The van der Waals surface area contributed by atoms with Crippen LogP contribution in [0.15, 0.2) is 48.5 Å². The molecule has 22 heavy (non-hydrogen) atoms. The van der Waals surface area contributed by atoms with Crippen LogP contribution < -0.4 is 5.32 Å². The third-order valence-electron chi connectivity index (χ3n) is 3.60. The second-order valence-electron chi connectivity index (χ2n) is 5.13. The van der Waals surface area contributed by atoms with Crippen LogP contribution in [-0.2, 0) is 0 Å². The smallest absolute Gasteiger partial charge is 0.123 e. The molecule has 0 radical (unpaired) electrons. The second kappa shape index (κ2) is 6.27. The molecular formula is C17H17N5. The van der Waals surface area contributed by atoms with Gasteiger partial charge in [0.2, 0.25) is 0 Å². The third-order valence-corrected chi connectivity index (χ3v) is 3.60. The molecule has 110 valence electrons. The lowest BCUT2D eigenvalue weighted by atomic mass is 10.1. The first-order chi connectivity index (χ1) is 10.8. The van der Waals surface area contributed by atoms with Crippen molar-refractivity contribution < 1.29 is 0 Å². The van der Waals surface area contributed by atoms with E-state index in [1.807, 2.05) is 53.2 Å². The first-order valence-corrected chi connectivity index (χ1v) is 7.39. The van der Waals surface area contributed by atoms with Crippen LogP contribution in [-0.4, -0.2) is 15.0 Å². The Balaban J connectivity index is 1.98. The van der Waals surface area contributed by atoms with Crippen LogP contribution in [0.4, 0.5) is 5.69 Å². The minimum Gasteiger partial charge on any atom is -0.363 e. The normalized spacial score (nSPS) is 12.0. The van der Waals surface area contributed by atoms with Crippen molar-refractivity contribution in [2.45, 2.75) is 25.9 Å². The van der Waals surface area contributed by atoms with Gasteiger partial charge in [-0.1, -0.05) is 42.8 Å². The number of nitriles is 1. The summed E-state index contributed by atoms with van der Waals surface area (Å²) in [7, 11) is 0. The summed E-state index contributed by atoms with van der Waals surface area (Å²) in [6.07, 6.45) is 1.86. The quantitative estimate of drug-likeness (QED) is 0.778. The standard InChI is InChI=1S/C17H17N5/c1-2-7-17(19-14-9-4-3-8-13(14)12-18)22-16-11-6-5-10-15(16)20-21-22/h3-6,8-11,17,19H,2,7H2,1H3/t17-/m0/s1. The molecule has 1 N–H and O–H groups in total. The Labute approximate surface area is 129 Å². The van der Waals surface area contributed by atoms with Gasteiger partial charge in [0.15, 0.2) is 0 Å². The summed E-state index contributed by atoms with van der Waals surface area (Å²) in [4.78, 5) is 0. The van der Waals surface area contributed by atoms with Crippen molar-refractivity contribution in [2.75, 3.05) is 5.32 Å². The van der Waals surface area contributed by atoms with Crippen LogP contribution in [0, 0.1) is 11.3 Å². The van der Waals surface area contributed by atoms with Crippen molar-refractivity contribution in [3.63, 3.8) is 0 Å². The summed E-state index contributed by atoms with van der Waals surface area (Å²) in [5, 5.41) is 21.2. The molecule has 1 atom stereocenters. The van der Waals surface area contributed by atoms with Crippen molar-refractivity contribution in [1.29, 1.82) is 5.26 Å². The molecule has 5 heteroatoms. The van der Waals surface area contributed by atoms with Crippen molar-refractivity contribution in [3.8, 4) is 6.07 Å². The maximum Gasteiger partial charge on any atom is 0.123 e. The third kappa shape index (κ3) is 2.63. The zero-order valence-electron chi connectivity index (χ0n) is 12.4. The lowest BCUT2D eigenvalue weighted by Crippen LogP contribution is -2.20. The Morgan fingerprint density at radius 1 is 1.18 bits per heavy atom. The van der Waals surface area contributed by atoms with Crippen molar-refractivity contribution in [2.24, 2.45) is 0 Å². The summed E-state index contributed by atoms with van der Waals surface area (Å²) < 4.78 is 1.90. The number of aromatic nitrogens is 3. The Morgan fingerprint density at radius 2 is 1.95 bits per heavy atom. The fourth-order valence-electron chi connectivity index (χ4n) is 2.53. The molecule has 0 amide bonds. The van der Waals surface area contributed by atoms with Crippen LogP contribution in [0.2, 0.25) is 0 Å². The van der Waals surface area contributed by atoms with Gasteiger partial charge in [0.25, 0.3) is 0 Å². The van der Waals surface area contributed by atoms with Crippen LogP contribution in [0.3, 0.4) is 0 Å². The highest BCUT2D eigenvalue weighted by Crippen LogP contribution is 2.24. The molecular weight excluding hydrogens is 274 g/mol. The molecule has 0 unspecified atom stereocenters. The molecule has 0 saturated carbocycles. The van der Waals surface area contributed by atoms with Crippen molar-refractivity contribution >= 4 is 16.7 Å². The van der Waals surface area contributed by atoms with E-state index in [1.54, 1.807) is 0 Å². The van der Waals surface area contributed by atoms with Crippen LogP contribution in [0.25, 0.3) is 11.0 Å². The monoisotopic (exact) mass is 291 g/mol. The molecule has 3 aromatic rings. The molecule has 0 bridgehead atoms. The number of nitrogens with zero attached hydrogens (tertiary/aromatic N) is 4. The SMILES string of the molecule is CCC[C@@H](Nc1ccccc1C#N)n1nnc2ccccc21. The van der Waals surface area contributed by atoms with Gasteiger partial charge in [-0.15, -0.1) is 5.10 Å². The van der Waals surface area contributed by atoms with Gasteiger partial charge >= 0.3 is 0 Å². The van der Waals surface area contributed by atoms with E-state index in [0.717, 1.165) is 29.6 Å². The van der Waals surface area contributed by atoms with Crippen molar-refractivity contribution in [3.05, 3.63) is 54.1 Å². The molecule has 0 aliphatic carbocycles. The summed E-state index contributed by atoms with van der Waals surface area (Å²) >= 11 is 0. The predicted octanol–water partition coefficient (Wildman–Crippen LogP) is 3.71. The van der Waals surface area contributed by atoms with Gasteiger partial charge in [0.05, 0.1) is 16.8 Å². The predicted molar refractivity (Wildman–Crippen MR) is 86.3 cm³/mol. The van der Waals surface area contributed by atoms with E-state index in [4.69, 9.17) is 0 Å². The van der Waals surface area contributed by atoms with E-state index in [-0.39, 0.29) is 6.17 Å². The molecule has 0 spiro atoms. The Kier molecular flexibility index (Phi) is 4.01. The van der Waals surface area contributed by atoms with Crippen LogP contribution in [0.1, 0.15) is 31.5 Å². The van der Waals surface area contributed by atoms with Crippen LogP contribution in [0.5, 0.6) is 0 Å². The average Bonchev–Trinajstić information content (AvgIpc) is 2.99. The van der Waals surface area contributed by atoms with Gasteiger partial charge in [-0.05, 0) is 30.7 Å². The van der Waals surface area contributed by atoms with Gasteiger partial charge in [-0.2, -0.15) is 5.26 Å². The molecule has 1 aromatic heterocycles. The highest BCUT2D eigenvalue weighted by atomic mass is 15.5. The Bertz CT molecular complexity index is 815. The Hall–Kier alpha value is -2.87. The minimum atomic E-state index is -0.0353. The number of rotatable bonds is 5. The van der Waals surface area contributed by atoms with E-state index in [2.05, 4.69) is 28.6 Å². The number of para-hydroxylation sites is 2. The molecule has 5 nitrogen and oxygen atoms in total. The summed E-state index contributed by atoms with van der Waals surface area (Å²) in [6, 6.07) is 17.6. The van der Waals surface area contributed by atoms with E-state index < -0.39 is 0 Å². The topological polar surface area (TPSA) is 66.5 Å². The van der Waals surface area contributed by atoms with Crippen molar-refractivity contribution in [1.82, 2.24) is 15.0 Å². The summed E-state index contributed by atoms with van der Waals surface area (Å²) in [6.45, 7) is 2.13.